The van der Waals surface area contributed by atoms with Crippen molar-refractivity contribution in [3.8, 4) is 17.2 Å². The Kier molecular flexibility index (Phi) is 6.18. The second-order valence-corrected chi connectivity index (χ2v) is 7.10. The minimum absolute atomic E-state index is 0.402. The molecule has 0 radical (unpaired) electrons. The summed E-state index contributed by atoms with van der Waals surface area (Å²) in [6, 6.07) is 23.9. The molecular formula is C25H26N2O3. The quantitative estimate of drug-likeness (QED) is 0.352. The van der Waals surface area contributed by atoms with Gasteiger partial charge in [0.15, 0.2) is 0 Å². The summed E-state index contributed by atoms with van der Waals surface area (Å²) in [5, 5.41) is 0. The van der Waals surface area contributed by atoms with Crippen molar-refractivity contribution in [1.82, 2.24) is 9.55 Å². The van der Waals surface area contributed by atoms with Gasteiger partial charge in [0, 0.05) is 6.54 Å². The van der Waals surface area contributed by atoms with E-state index in [-0.39, 0.29) is 0 Å². The standard InChI is InChI=1S/C25H26N2O3/c1-19-8-3-6-11-24(19)29-17-7-16-27-23-10-5-4-9-22(23)26-25(27)18-30-21-14-12-20(28-2)13-15-21/h3-6,8-15H,7,16-18H2,1-2H3. The normalized spacial score (nSPS) is 10.9. The van der Waals surface area contributed by atoms with Gasteiger partial charge in [-0.2, -0.15) is 0 Å². The summed E-state index contributed by atoms with van der Waals surface area (Å²) in [7, 11) is 1.65. The lowest BCUT2D eigenvalue weighted by atomic mass is 10.2. The Morgan fingerprint density at radius 1 is 0.833 bits per heavy atom. The van der Waals surface area contributed by atoms with Crippen LogP contribution in [0.2, 0.25) is 0 Å². The number of ether oxygens (including phenoxy) is 3. The third kappa shape index (κ3) is 4.57. The number of aromatic nitrogens is 2. The van der Waals surface area contributed by atoms with E-state index in [4.69, 9.17) is 19.2 Å². The molecule has 1 aromatic heterocycles. The van der Waals surface area contributed by atoms with Gasteiger partial charge in [-0.15, -0.1) is 0 Å². The molecule has 0 spiro atoms. The maximum absolute atomic E-state index is 5.98. The fourth-order valence-electron chi connectivity index (χ4n) is 3.43. The Balaban J connectivity index is 1.43. The molecule has 4 rings (SSSR count). The predicted molar refractivity (Wildman–Crippen MR) is 118 cm³/mol. The van der Waals surface area contributed by atoms with E-state index in [1.165, 1.54) is 0 Å². The number of hydrogen-bond donors (Lipinski definition) is 0. The number of imidazole rings is 1. The Bertz CT molecular complexity index is 1100. The highest BCUT2D eigenvalue weighted by atomic mass is 16.5. The van der Waals surface area contributed by atoms with Crippen molar-refractivity contribution >= 4 is 11.0 Å². The predicted octanol–water partition coefficient (Wildman–Crippen LogP) is 5.40. The fourth-order valence-corrected chi connectivity index (χ4v) is 3.43. The van der Waals surface area contributed by atoms with E-state index in [2.05, 4.69) is 23.6 Å². The molecule has 5 nitrogen and oxygen atoms in total. The van der Waals surface area contributed by atoms with Crippen LogP contribution in [0.3, 0.4) is 0 Å². The molecule has 0 fully saturated rings. The molecule has 0 saturated heterocycles. The van der Waals surface area contributed by atoms with E-state index in [0.29, 0.717) is 13.2 Å². The van der Waals surface area contributed by atoms with Crippen molar-refractivity contribution in [1.29, 1.82) is 0 Å². The molecule has 0 bridgehead atoms. The van der Waals surface area contributed by atoms with E-state index < -0.39 is 0 Å². The topological polar surface area (TPSA) is 45.5 Å². The third-order valence-corrected chi connectivity index (χ3v) is 5.04. The second kappa shape index (κ2) is 9.35. The second-order valence-electron chi connectivity index (χ2n) is 7.10. The van der Waals surface area contributed by atoms with Crippen LogP contribution in [0.1, 0.15) is 17.8 Å². The smallest absolute Gasteiger partial charge is 0.147 e. The van der Waals surface area contributed by atoms with Gasteiger partial charge >= 0.3 is 0 Å². The van der Waals surface area contributed by atoms with Crippen LogP contribution in [0.25, 0.3) is 11.0 Å². The van der Waals surface area contributed by atoms with Crippen molar-refractivity contribution in [2.45, 2.75) is 26.5 Å². The molecule has 0 aliphatic rings. The van der Waals surface area contributed by atoms with Gasteiger partial charge in [0.1, 0.15) is 29.7 Å². The minimum Gasteiger partial charge on any atom is -0.497 e. The Morgan fingerprint density at radius 2 is 1.57 bits per heavy atom. The Morgan fingerprint density at radius 3 is 2.37 bits per heavy atom. The van der Waals surface area contributed by atoms with Gasteiger partial charge in [-0.25, -0.2) is 4.98 Å². The SMILES string of the molecule is COc1ccc(OCc2nc3ccccc3n2CCCOc2ccccc2C)cc1. The molecule has 4 aromatic rings. The molecule has 30 heavy (non-hydrogen) atoms. The fraction of sp³-hybridized carbons (Fsp3) is 0.240. The van der Waals surface area contributed by atoms with Gasteiger partial charge in [0.05, 0.1) is 24.8 Å². The minimum atomic E-state index is 0.402. The highest BCUT2D eigenvalue weighted by Crippen LogP contribution is 2.21. The van der Waals surface area contributed by atoms with Gasteiger partial charge in [-0.3, -0.25) is 0 Å². The number of fused-ring (bicyclic) bond motifs is 1. The van der Waals surface area contributed by atoms with Crippen molar-refractivity contribution in [3.63, 3.8) is 0 Å². The maximum Gasteiger partial charge on any atom is 0.147 e. The molecule has 1 heterocycles. The summed E-state index contributed by atoms with van der Waals surface area (Å²) >= 11 is 0. The summed E-state index contributed by atoms with van der Waals surface area (Å²) in [4.78, 5) is 4.78. The lowest BCUT2D eigenvalue weighted by molar-refractivity contribution is 0.279. The van der Waals surface area contributed by atoms with Crippen molar-refractivity contribution in [2.24, 2.45) is 0 Å². The van der Waals surface area contributed by atoms with Crippen molar-refractivity contribution in [3.05, 3.63) is 84.2 Å². The van der Waals surface area contributed by atoms with Crippen molar-refractivity contribution < 1.29 is 14.2 Å². The van der Waals surface area contributed by atoms with E-state index in [0.717, 1.165) is 52.6 Å². The van der Waals surface area contributed by atoms with Crippen LogP contribution in [0.4, 0.5) is 0 Å². The monoisotopic (exact) mass is 402 g/mol. The molecule has 0 N–H and O–H groups in total. The van der Waals surface area contributed by atoms with Gasteiger partial charge in [-0.1, -0.05) is 30.3 Å². The first-order valence-corrected chi connectivity index (χ1v) is 10.1. The van der Waals surface area contributed by atoms with Crippen molar-refractivity contribution in [2.75, 3.05) is 13.7 Å². The first-order valence-electron chi connectivity index (χ1n) is 10.1. The molecule has 0 amide bonds. The highest BCUT2D eigenvalue weighted by molar-refractivity contribution is 5.75. The van der Waals surface area contributed by atoms with Crippen LogP contribution in [-0.2, 0) is 13.2 Å². The molecule has 0 aliphatic heterocycles. The van der Waals surface area contributed by atoms with Gasteiger partial charge in [0.2, 0.25) is 0 Å². The number of para-hydroxylation sites is 3. The molecule has 0 unspecified atom stereocenters. The summed E-state index contributed by atoms with van der Waals surface area (Å²) in [5.41, 5.74) is 3.24. The summed E-state index contributed by atoms with van der Waals surface area (Å²) in [5.74, 6) is 3.44. The largest absolute Gasteiger partial charge is 0.497 e. The number of hydrogen-bond acceptors (Lipinski definition) is 4. The number of aryl methyl sites for hydroxylation is 2. The first kappa shape index (κ1) is 19.8. The molecule has 5 heteroatoms. The first-order chi connectivity index (χ1) is 14.7. The van der Waals surface area contributed by atoms with Crippen LogP contribution < -0.4 is 14.2 Å². The third-order valence-electron chi connectivity index (χ3n) is 5.04. The number of benzene rings is 3. The van der Waals surface area contributed by atoms with Gasteiger partial charge in [0.25, 0.3) is 0 Å². The zero-order valence-electron chi connectivity index (χ0n) is 17.4. The number of rotatable bonds is 9. The van der Waals surface area contributed by atoms with Crippen LogP contribution in [-0.4, -0.2) is 23.3 Å². The molecule has 154 valence electrons. The lowest BCUT2D eigenvalue weighted by Gasteiger charge is -2.12. The van der Waals surface area contributed by atoms with Crippen LogP contribution >= 0.6 is 0 Å². The Hall–Kier alpha value is -3.47. The van der Waals surface area contributed by atoms with E-state index in [1.54, 1.807) is 7.11 Å². The van der Waals surface area contributed by atoms with E-state index in [9.17, 15) is 0 Å². The summed E-state index contributed by atoms with van der Waals surface area (Å²) < 4.78 is 19.4. The Labute approximate surface area is 176 Å². The maximum atomic E-state index is 5.98. The molecule has 0 atom stereocenters. The van der Waals surface area contributed by atoms with Gasteiger partial charge in [-0.05, 0) is 61.4 Å². The summed E-state index contributed by atoms with van der Waals surface area (Å²) in [6.07, 6.45) is 0.879. The van der Waals surface area contributed by atoms with Crippen LogP contribution in [0, 0.1) is 6.92 Å². The molecular weight excluding hydrogens is 376 g/mol. The number of methoxy groups -OCH3 is 1. The highest BCUT2D eigenvalue weighted by Gasteiger charge is 2.11. The van der Waals surface area contributed by atoms with E-state index in [1.807, 2.05) is 60.7 Å². The zero-order chi connectivity index (χ0) is 20.8. The summed E-state index contributed by atoms with van der Waals surface area (Å²) in [6.45, 7) is 3.93. The zero-order valence-corrected chi connectivity index (χ0v) is 17.4. The average molecular weight is 402 g/mol. The molecule has 3 aromatic carbocycles. The molecule has 0 saturated carbocycles. The number of nitrogens with zero attached hydrogens (tertiary/aromatic N) is 2. The average Bonchev–Trinajstić information content (AvgIpc) is 3.14. The van der Waals surface area contributed by atoms with Crippen LogP contribution in [0.15, 0.2) is 72.8 Å². The van der Waals surface area contributed by atoms with E-state index >= 15 is 0 Å². The van der Waals surface area contributed by atoms with Gasteiger partial charge < -0.3 is 18.8 Å². The van der Waals surface area contributed by atoms with Crippen LogP contribution in [0.5, 0.6) is 17.2 Å². The molecule has 0 aliphatic carbocycles. The lowest BCUT2D eigenvalue weighted by Crippen LogP contribution is -2.10.